The lowest BCUT2D eigenvalue weighted by Crippen LogP contribution is -2.28. The summed E-state index contributed by atoms with van der Waals surface area (Å²) < 4.78 is 10.7. The zero-order valence-corrected chi connectivity index (χ0v) is 12.4. The van der Waals surface area contributed by atoms with Crippen molar-refractivity contribution in [2.24, 2.45) is 5.73 Å². The Morgan fingerprint density at radius 2 is 2.11 bits per heavy atom. The second kappa shape index (κ2) is 7.58. The predicted octanol–water partition coefficient (Wildman–Crippen LogP) is 3.94. The van der Waals surface area contributed by atoms with Crippen molar-refractivity contribution in [3.05, 3.63) is 33.8 Å². The number of carbonyl (C=O) groups excluding carboxylic acids is 1. The van der Waals surface area contributed by atoms with E-state index >= 15 is 0 Å². The van der Waals surface area contributed by atoms with Crippen LogP contribution in [0.3, 0.4) is 0 Å². The number of hydrogen-bond acceptors (Lipinski definition) is 3. The van der Waals surface area contributed by atoms with Crippen LogP contribution >= 0.6 is 23.2 Å². The molecule has 0 saturated carbocycles. The molecular weight excluding hydrogens is 289 g/mol. The zero-order valence-electron chi connectivity index (χ0n) is 10.9. The van der Waals surface area contributed by atoms with Gasteiger partial charge in [0.2, 0.25) is 0 Å². The molecule has 2 atom stereocenters. The monoisotopic (exact) mass is 305 g/mol. The Labute approximate surface area is 122 Å². The fourth-order valence-electron chi connectivity index (χ4n) is 1.71. The lowest BCUT2D eigenvalue weighted by atomic mass is 10.0. The van der Waals surface area contributed by atoms with Gasteiger partial charge in [-0.3, -0.25) is 0 Å². The molecule has 1 amide bonds. The van der Waals surface area contributed by atoms with Crippen LogP contribution in [0.25, 0.3) is 0 Å². The molecule has 1 rings (SSSR count). The first-order valence-electron chi connectivity index (χ1n) is 5.99. The molecule has 0 aliphatic carbocycles. The molecule has 0 fully saturated rings. The van der Waals surface area contributed by atoms with E-state index in [0.717, 1.165) is 6.42 Å². The fourth-order valence-corrected chi connectivity index (χ4v) is 2.12. The molecule has 6 heteroatoms. The number of nitrogens with two attached hydrogens (primary N) is 1. The molecule has 19 heavy (non-hydrogen) atoms. The molecule has 1 aromatic carbocycles. The van der Waals surface area contributed by atoms with Crippen LogP contribution in [0.5, 0.6) is 0 Å². The summed E-state index contributed by atoms with van der Waals surface area (Å²) in [5.41, 5.74) is 5.71. The normalized spacial score (nSPS) is 13.9. The van der Waals surface area contributed by atoms with Gasteiger partial charge in [-0.15, -0.1) is 0 Å². The van der Waals surface area contributed by atoms with E-state index in [1.165, 1.54) is 0 Å². The number of carbonyl (C=O) groups is 1. The highest BCUT2D eigenvalue weighted by Crippen LogP contribution is 2.34. The SMILES string of the molecule is CCCOC(c1cccc(Cl)c1Cl)[C@@H](C)OC(N)=O. The number of amides is 1. The third-order valence-electron chi connectivity index (χ3n) is 2.52. The number of primary amides is 1. The highest BCUT2D eigenvalue weighted by molar-refractivity contribution is 6.42. The standard InChI is InChI=1S/C13H17Cl2NO3/c1-3-7-18-12(8(2)19-13(16)17)9-5-4-6-10(14)11(9)15/h4-6,8,12H,3,7H2,1-2H3,(H2,16,17)/t8-,12?/m1/s1. The van der Waals surface area contributed by atoms with Gasteiger partial charge < -0.3 is 15.2 Å². The highest BCUT2D eigenvalue weighted by atomic mass is 35.5. The van der Waals surface area contributed by atoms with Crippen molar-refractivity contribution < 1.29 is 14.3 Å². The molecule has 1 unspecified atom stereocenters. The summed E-state index contributed by atoms with van der Waals surface area (Å²) in [6.45, 7) is 4.19. The Hall–Kier alpha value is -0.970. The van der Waals surface area contributed by atoms with Gasteiger partial charge >= 0.3 is 6.09 Å². The summed E-state index contributed by atoms with van der Waals surface area (Å²) in [5, 5.41) is 0.820. The van der Waals surface area contributed by atoms with E-state index in [1.807, 2.05) is 6.92 Å². The number of benzene rings is 1. The maximum atomic E-state index is 10.9. The van der Waals surface area contributed by atoms with Crippen LogP contribution < -0.4 is 5.73 Å². The van der Waals surface area contributed by atoms with Gasteiger partial charge in [-0.1, -0.05) is 42.3 Å². The fraction of sp³-hybridized carbons (Fsp3) is 0.462. The minimum Gasteiger partial charge on any atom is -0.444 e. The first-order valence-corrected chi connectivity index (χ1v) is 6.74. The van der Waals surface area contributed by atoms with Gasteiger partial charge in [-0.2, -0.15) is 0 Å². The van der Waals surface area contributed by atoms with Crippen LogP contribution in [-0.2, 0) is 9.47 Å². The molecule has 0 aromatic heterocycles. The Kier molecular flexibility index (Phi) is 6.42. The molecule has 4 nitrogen and oxygen atoms in total. The van der Waals surface area contributed by atoms with Gasteiger partial charge in [0.05, 0.1) is 10.0 Å². The summed E-state index contributed by atoms with van der Waals surface area (Å²) in [5.74, 6) is 0. The predicted molar refractivity (Wildman–Crippen MR) is 75.6 cm³/mol. The van der Waals surface area contributed by atoms with Crippen molar-refractivity contribution in [1.29, 1.82) is 0 Å². The van der Waals surface area contributed by atoms with Crippen molar-refractivity contribution >= 4 is 29.3 Å². The largest absolute Gasteiger partial charge is 0.444 e. The van der Waals surface area contributed by atoms with Crippen molar-refractivity contribution in [3.63, 3.8) is 0 Å². The Bertz CT molecular complexity index is 440. The molecule has 0 radical (unpaired) electrons. The van der Waals surface area contributed by atoms with Crippen molar-refractivity contribution in [1.82, 2.24) is 0 Å². The van der Waals surface area contributed by atoms with Crippen LogP contribution in [-0.4, -0.2) is 18.8 Å². The minimum absolute atomic E-state index is 0.394. The molecule has 1 aromatic rings. The highest BCUT2D eigenvalue weighted by Gasteiger charge is 2.25. The van der Waals surface area contributed by atoms with Crippen molar-refractivity contribution in [3.8, 4) is 0 Å². The minimum atomic E-state index is -0.851. The second-order valence-electron chi connectivity index (χ2n) is 4.08. The topological polar surface area (TPSA) is 61.6 Å². The number of rotatable bonds is 6. The first-order chi connectivity index (χ1) is 8.97. The summed E-state index contributed by atoms with van der Waals surface area (Å²) in [4.78, 5) is 10.9. The average Bonchev–Trinajstić information content (AvgIpc) is 2.33. The van der Waals surface area contributed by atoms with E-state index in [0.29, 0.717) is 22.2 Å². The maximum absolute atomic E-state index is 10.9. The Morgan fingerprint density at radius 1 is 1.42 bits per heavy atom. The summed E-state index contributed by atoms with van der Waals surface area (Å²) in [7, 11) is 0. The third-order valence-corrected chi connectivity index (χ3v) is 3.35. The second-order valence-corrected chi connectivity index (χ2v) is 4.86. The number of ether oxygens (including phenoxy) is 2. The van der Waals surface area contributed by atoms with Gasteiger partial charge in [0.25, 0.3) is 0 Å². The van der Waals surface area contributed by atoms with Crippen LogP contribution in [0.2, 0.25) is 10.0 Å². The quantitative estimate of drug-likeness (QED) is 0.865. The average molecular weight is 306 g/mol. The van der Waals surface area contributed by atoms with Crippen molar-refractivity contribution in [2.75, 3.05) is 6.61 Å². The van der Waals surface area contributed by atoms with E-state index < -0.39 is 18.3 Å². The van der Waals surface area contributed by atoms with Crippen molar-refractivity contribution in [2.45, 2.75) is 32.5 Å². The van der Waals surface area contributed by atoms with Crippen LogP contribution in [0.15, 0.2) is 18.2 Å². The molecule has 0 aliphatic rings. The van der Waals surface area contributed by atoms with E-state index in [4.69, 9.17) is 38.4 Å². The molecule has 2 N–H and O–H groups in total. The molecule has 0 aliphatic heterocycles. The molecular formula is C13H17Cl2NO3. The van der Waals surface area contributed by atoms with Crippen LogP contribution in [0.1, 0.15) is 31.9 Å². The third kappa shape index (κ3) is 4.56. The summed E-state index contributed by atoms with van der Waals surface area (Å²) in [6, 6.07) is 5.24. The molecule has 0 spiro atoms. The first kappa shape index (κ1) is 16.1. The van der Waals surface area contributed by atoms with Gasteiger partial charge in [0.1, 0.15) is 12.2 Å². The van der Waals surface area contributed by atoms with Gasteiger partial charge in [-0.25, -0.2) is 4.79 Å². The smallest absolute Gasteiger partial charge is 0.404 e. The van der Waals surface area contributed by atoms with Gasteiger partial charge in [-0.05, 0) is 19.4 Å². The van der Waals surface area contributed by atoms with E-state index in [1.54, 1.807) is 25.1 Å². The van der Waals surface area contributed by atoms with Gasteiger partial charge in [0, 0.05) is 12.2 Å². The zero-order chi connectivity index (χ0) is 14.4. The lowest BCUT2D eigenvalue weighted by molar-refractivity contribution is -0.0362. The summed E-state index contributed by atoms with van der Waals surface area (Å²) >= 11 is 12.1. The lowest BCUT2D eigenvalue weighted by Gasteiger charge is -2.25. The Balaban J connectivity index is 3.01. The van der Waals surface area contributed by atoms with Gasteiger partial charge in [0.15, 0.2) is 0 Å². The number of halogens is 2. The van der Waals surface area contributed by atoms with E-state index in [9.17, 15) is 4.79 Å². The maximum Gasteiger partial charge on any atom is 0.404 e. The van der Waals surface area contributed by atoms with Crippen LogP contribution in [0, 0.1) is 0 Å². The number of hydrogen-bond donors (Lipinski definition) is 1. The molecule has 0 bridgehead atoms. The molecule has 0 heterocycles. The van der Waals surface area contributed by atoms with E-state index in [-0.39, 0.29) is 0 Å². The molecule has 0 saturated heterocycles. The Morgan fingerprint density at radius 3 is 2.68 bits per heavy atom. The van der Waals surface area contributed by atoms with Crippen LogP contribution in [0.4, 0.5) is 4.79 Å². The molecule has 106 valence electrons. The summed E-state index contributed by atoms with van der Waals surface area (Å²) in [6.07, 6.45) is -1.08. The van der Waals surface area contributed by atoms with E-state index in [2.05, 4.69) is 0 Å².